The van der Waals surface area contributed by atoms with Gasteiger partial charge in [-0.3, -0.25) is 19.4 Å². The highest BCUT2D eigenvalue weighted by atomic mass is 32.2. The largest absolute Gasteiger partial charge is 0.339 e. The second-order valence-corrected chi connectivity index (χ2v) is 4.78. The van der Waals surface area contributed by atoms with Crippen molar-refractivity contribution >= 4 is 11.8 Å². The fraction of sp³-hybridized carbons (Fsp3) is 0.182. The zero-order chi connectivity index (χ0) is 14.0. The zero-order valence-corrected chi connectivity index (χ0v) is 10.8. The Bertz CT molecular complexity index is 725. The van der Waals surface area contributed by atoms with Crippen molar-refractivity contribution in [1.29, 1.82) is 0 Å². The van der Waals surface area contributed by atoms with Gasteiger partial charge in [-0.1, -0.05) is 6.07 Å². The van der Waals surface area contributed by atoms with E-state index in [4.69, 9.17) is 5.73 Å². The summed E-state index contributed by atoms with van der Waals surface area (Å²) in [6.45, 7) is 0.247. The molecule has 0 aliphatic heterocycles. The molecule has 1 aromatic heterocycles. The number of nitrogens with zero attached hydrogens (tertiary/aromatic N) is 2. The van der Waals surface area contributed by atoms with Gasteiger partial charge in [-0.05, 0) is 29.5 Å². The van der Waals surface area contributed by atoms with Gasteiger partial charge in [-0.15, -0.1) is 0 Å². The van der Waals surface area contributed by atoms with E-state index in [1.165, 1.54) is 17.8 Å². The van der Waals surface area contributed by atoms with Crippen LogP contribution in [0.1, 0.15) is 5.56 Å². The van der Waals surface area contributed by atoms with Crippen LogP contribution in [0.3, 0.4) is 0 Å². The molecule has 0 aliphatic rings. The van der Waals surface area contributed by atoms with Gasteiger partial charge < -0.3 is 5.73 Å². The SMILES string of the molecule is Cn1[nH]c(=O)c(=O)nc1Sc1ccc(CN)cc1F. The summed E-state index contributed by atoms with van der Waals surface area (Å²) in [6, 6.07) is 4.57. The average Bonchev–Trinajstić information content (AvgIpc) is 2.38. The minimum atomic E-state index is -0.903. The predicted octanol–water partition coefficient (Wildman–Crippen LogP) is 0.218. The van der Waals surface area contributed by atoms with Gasteiger partial charge in [0.05, 0.1) is 4.90 Å². The Kier molecular flexibility index (Phi) is 3.82. The van der Waals surface area contributed by atoms with Gasteiger partial charge in [0.15, 0.2) is 5.16 Å². The number of rotatable bonds is 3. The van der Waals surface area contributed by atoms with Gasteiger partial charge in [-0.25, -0.2) is 4.39 Å². The molecule has 0 radical (unpaired) electrons. The molecule has 0 aliphatic carbocycles. The molecule has 0 unspecified atom stereocenters. The third-order valence-electron chi connectivity index (χ3n) is 2.38. The summed E-state index contributed by atoms with van der Waals surface area (Å²) in [4.78, 5) is 26.1. The number of hydrogen-bond donors (Lipinski definition) is 2. The first kappa shape index (κ1) is 13.5. The quantitative estimate of drug-likeness (QED) is 0.785. The molecule has 2 rings (SSSR count). The molecule has 1 heterocycles. The second-order valence-electron chi connectivity index (χ2n) is 3.77. The van der Waals surface area contributed by atoms with Crippen LogP contribution in [0.5, 0.6) is 0 Å². The molecule has 19 heavy (non-hydrogen) atoms. The van der Waals surface area contributed by atoms with E-state index in [9.17, 15) is 14.0 Å². The molecular formula is C11H11FN4O2S. The van der Waals surface area contributed by atoms with Crippen LogP contribution in [-0.4, -0.2) is 14.8 Å². The highest BCUT2D eigenvalue weighted by Gasteiger charge is 2.10. The highest BCUT2D eigenvalue weighted by Crippen LogP contribution is 2.27. The van der Waals surface area contributed by atoms with Crippen molar-refractivity contribution < 1.29 is 4.39 Å². The summed E-state index contributed by atoms with van der Waals surface area (Å²) in [7, 11) is 1.52. The van der Waals surface area contributed by atoms with Crippen molar-refractivity contribution in [1.82, 2.24) is 14.8 Å². The van der Waals surface area contributed by atoms with Crippen LogP contribution >= 0.6 is 11.8 Å². The third-order valence-corrected chi connectivity index (χ3v) is 3.48. The van der Waals surface area contributed by atoms with E-state index in [0.717, 1.165) is 11.8 Å². The number of aromatic amines is 1. The Balaban J connectivity index is 2.39. The standard InChI is InChI=1S/C11H11FN4O2S/c1-16-11(14-9(17)10(18)15-16)19-8-3-2-6(5-13)4-7(8)12/h2-4H,5,13H2,1H3,(H,15,18). The third kappa shape index (κ3) is 2.91. The molecule has 0 fully saturated rings. The minimum absolute atomic E-state index is 0.198. The average molecular weight is 282 g/mol. The maximum atomic E-state index is 13.8. The summed E-state index contributed by atoms with van der Waals surface area (Å²) in [5.41, 5.74) is 4.37. The van der Waals surface area contributed by atoms with E-state index in [1.54, 1.807) is 12.1 Å². The Morgan fingerprint density at radius 2 is 2.21 bits per heavy atom. The molecular weight excluding hydrogens is 271 g/mol. The van der Waals surface area contributed by atoms with Crippen molar-refractivity contribution in [3.8, 4) is 0 Å². The van der Waals surface area contributed by atoms with Crippen LogP contribution in [0.4, 0.5) is 4.39 Å². The molecule has 6 nitrogen and oxygen atoms in total. The van der Waals surface area contributed by atoms with E-state index in [0.29, 0.717) is 10.5 Å². The molecule has 2 aromatic rings. The van der Waals surface area contributed by atoms with E-state index in [-0.39, 0.29) is 11.7 Å². The van der Waals surface area contributed by atoms with Crippen LogP contribution in [0.15, 0.2) is 37.8 Å². The molecule has 1 aromatic carbocycles. The number of nitrogens with two attached hydrogens (primary N) is 1. The van der Waals surface area contributed by atoms with Crippen LogP contribution < -0.4 is 16.9 Å². The molecule has 100 valence electrons. The highest BCUT2D eigenvalue weighted by molar-refractivity contribution is 7.99. The monoisotopic (exact) mass is 282 g/mol. The van der Waals surface area contributed by atoms with E-state index < -0.39 is 16.9 Å². The van der Waals surface area contributed by atoms with Crippen molar-refractivity contribution in [2.24, 2.45) is 12.8 Å². The van der Waals surface area contributed by atoms with Crippen molar-refractivity contribution in [3.63, 3.8) is 0 Å². The predicted molar refractivity (Wildman–Crippen MR) is 68.5 cm³/mol. The molecule has 8 heteroatoms. The first-order valence-corrected chi connectivity index (χ1v) is 6.16. The number of aryl methyl sites for hydroxylation is 1. The molecule has 0 atom stereocenters. The number of halogens is 1. The van der Waals surface area contributed by atoms with Crippen molar-refractivity contribution in [2.75, 3.05) is 0 Å². The van der Waals surface area contributed by atoms with Gasteiger partial charge in [-0.2, -0.15) is 4.98 Å². The summed E-state index contributed by atoms with van der Waals surface area (Å²) < 4.78 is 15.0. The van der Waals surface area contributed by atoms with E-state index >= 15 is 0 Å². The molecule has 0 spiro atoms. The van der Waals surface area contributed by atoms with Crippen molar-refractivity contribution in [2.45, 2.75) is 16.6 Å². The molecule has 0 amide bonds. The molecule has 0 saturated carbocycles. The summed E-state index contributed by atoms with van der Waals surface area (Å²) in [6.07, 6.45) is 0. The Hall–Kier alpha value is -1.93. The number of hydrogen-bond acceptors (Lipinski definition) is 5. The maximum absolute atomic E-state index is 13.8. The van der Waals surface area contributed by atoms with E-state index in [1.807, 2.05) is 0 Å². The number of aromatic nitrogens is 3. The minimum Gasteiger partial charge on any atom is -0.326 e. The molecule has 3 N–H and O–H groups in total. The smallest absolute Gasteiger partial charge is 0.326 e. The number of H-pyrrole nitrogens is 1. The fourth-order valence-corrected chi connectivity index (χ4v) is 2.20. The Morgan fingerprint density at radius 3 is 2.84 bits per heavy atom. The Morgan fingerprint density at radius 1 is 1.47 bits per heavy atom. The van der Waals surface area contributed by atoms with Crippen LogP contribution in [0.25, 0.3) is 0 Å². The fourth-order valence-electron chi connectivity index (χ4n) is 1.40. The lowest BCUT2D eigenvalue weighted by molar-refractivity contribution is 0.586. The van der Waals surface area contributed by atoms with Crippen LogP contribution in [0, 0.1) is 5.82 Å². The lowest BCUT2D eigenvalue weighted by Gasteiger charge is -2.07. The van der Waals surface area contributed by atoms with Gasteiger partial charge in [0.2, 0.25) is 0 Å². The van der Waals surface area contributed by atoms with Gasteiger partial charge in [0, 0.05) is 13.6 Å². The van der Waals surface area contributed by atoms with Crippen molar-refractivity contribution in [3.05, 3.63) is 50.3 Å². The maximum Gasteiger partial charge on any atom is 0.339 e. The first-order chi connectivity index (χ1) is 9.01. The topological polar surface area (TPSA) is 93.8 Å². The summed E-state index contributed by atoms with van der Waals surface area (Å²) in [5, 5.41) is 2.49. The molecule has 0 saturated heterocycles. The van der Waals surface area contributed by atoms with E-state index in [2.05, 4.69) is 10.1 Å². The molecule has 0 bridgehead atoms. The second kappa shape index (κ2) is 5.37. The summed E-state index contributed by atoms with van der Waals surface area (Å²) in [5.74, 6) is -0.451. The zero-order valence-electron chi connectivity index (χ0n) is 10.0. The Labute approximate surface area is 111 Å². The normalized spacial score (nSPS) is 10.7. The summed E-state index contributed by atoms with van der Waals surface area (Å²) >= 11 is 0.949. The van der Waals surface area contributed by atoms with Crippen LogP contribution in [-0.2, 0) is 13.6 Å². The lowest BCUT2D eigenvalue weighted by Crippen LogP contribution is -2.33. The van der Waals surface area contributed by atoms with Gasteiger partial charge in [0.1, 0.15) is 5.82 Å². The first-order valence-electron chi connectivity index (χ1n) is 5.35. The van der Waals surface area contributed by atoms with Crippen LogP contribution in [0.2, 0.25) is 0 Å². The number of benzene rings is 1. The van der Waals surface area contributed by atoms with Gasteiger partial charge in [0.25, 0.3) is 0 Å². The lowest BCUT2D eigenvalue weighted by atomic mass is 10.2. The number of nitrogens with one attached hydrogen (secondary N) is 1. The van der Waals surface area contributed by atoms with Gasteiger partial charge >= 0.3 is 11.1 Å².